The van der Waals surface area contributed by atoms with Crippen LogP contribution in [-0.4, -0.2) is 32.7 Å². The Bertz CT molecular complexity index is 1030. The smallest absolute Gasteiger partial charge is 0.394 e. The minimum Gasteiger partial charge on any atom is -0.394 e. The van der Waals surface area contributed by atoms with Gasteiger partial charge in [0.1, 0.15) is 5.82 Å². The molecule has 3 aromatic rings. The van der Waals surface area contributed by atoms with Crippen LogP contribution in [0.2, 0.25) is 5.02 Å². The van der Waals surface area contributed by atoms with Crippen molar-refractivity contribution in [2.24, 2.45) is 5.92 Å². The second-order valence-electron chi connectivity index (χ2n) is 7.14. The zero-order valence-corrected chi connectivity index (χ0v) is 17.5. The van der Waals surface area contributed by atoms with Crippen molar-refractivity contribution >= 4 is 29.1 Å². The van der Waals surface area contributed by atoms with Crippen LogP contribution >= 0.6 is 11.6 Å². The molecule has 2 heterocycles. The second kappa shape index (κ2) is 9.49. The molecular weight excluding hydrogens is 431 g/mol. The number of alkyl halides is 3. The van der Waals surface area contributed by atoms with Crippen molar-refractivity contribution in [3.8, 4) is 11.4 Å². The van der Waals surface area contributed by atoms with E-state index < -0.39 is 11.7 Å². The maximum Gasteiger partial charge on any atom is 0.418 e. The summed E-state index contributed by atoms with van der Waals surface area (Å²) in [5.74, 6) is 0.292. The van der Waals surface area contributed by atoms with Crippen LogP contribution in [0.15, 0.2) is 48.7 Å². The van der Waals surface area contributed by atoms with E-state index in [1.165, 1.54) is 18.2 Å². The molecule has 6 nitrogen and oxygen atoms in total. The highest BCUT2D eigenvalue weighted by Crippen LogP contribution is 2.40. The third-order valence-corrected chi connectivity index (χ3v) is 4.86. The maximum absolute atomic E-state index is 13.5. The molecule has 164 valence electrons. The van der Waals surface area contributed by atoms with E-state index >= 15 is 0 Å². The van der Waals surface area contributed by atoms with Crippen LogP contribution in [0, 0.1) is 5.92 Å². The Morgan fingerprint density at radius 2 is 1.84 bits per heavy atom. The van der Waals surface area contributed by atoms with Crippen molar-refractivity contribution in [1.29, 1.82) is 0 Å². The molecule has 0 amide bonds. The number of nitrogens with one attached hydrogen (secondary N) is 2. The third-order valence-electron chi connectivity index (χ3n) is 4.54. The van der Waals surface area contributed by atoms with Crippen molar-refractivity contribution in [3.63, 3.8) is 0 Å². The molecule has 0 spiro atoms. The number of aromatic nitrogens is 3. The summed E-state index contributed by atoms with van der Waals surface area (Å²) in [5.41, 5.74) is -0.322. The van der Waals surface area contributed by atoms with Crippen molar-refractivity contribution in [2.75, 3.05) is 17.2 Å². The fourth-order valence-corrected chi connectivity index (χ4v) is 3.05. The summed E-state index contributed by atoms with van der Waals surface area (Å²) < 4.78 is 40.4. The number of halogens is 4. The zero-order chi connectivity index (χ0) is 22.6. The predicted octanol–water partition coefficient (Wildman–Crippen LogP) is 5.38. The molecule has 0 bridgehead atoms. The number of aliphatic hydroxyl groups is 1. The highest BCUT2D eigenvalue weighted by atomic mass is 35.5. The normalized spacial score (nSPS) is 12.6. The fraction of sp³-hybridized carbons (Fsp3) is 0.286. The highest BCUT2D eigenvalue weighted by molar-refractivity contribution is 6.33. The van der Waals surface area contributed by atoms with Gasteiger partial charge in [-0.2, -0.15) is 18.2 Å². The molecule has 1 atom stereocenters. The lowest BCUT2D eigenvalue weighted by molar-refractivity contribution is -0.136. The summed E-state index contributed by atoms with van der Waals surface area (Å²) in [6.45, 7) is 3.66. The van der Waals surface area contributed by atoms with Gasteiger partial charge in [-0.05, 0) is 30.2 Å². The summed E-state index contributed by atoms with van der Waals surface area (Å²) in [6, 6.07) is 9.90. The Hall–Kier alpha value is -2.91. The first-order valence-electron chi connectivity index (χ1n) is 9.49. The largest absolute Gasteiger partial charge is 0.418 e. The van der Waals surface area contributed by atoms with Gasteiger partial charge in [-0.25, -0.2) is 4.98 Å². The molecule has 0 radical (unpaired) electrons. The van der Waals surface area contributed by atoms with Crippen molar-refractivity contribution < 1.29 is 18.3 Å². The topological polar surface area (TPSA) is 83.0 Å². The average Bonchev–Trinajstić information content (AvgIpc) is 2.73. The molecule has 2 aromatic heterocycles. The summed E-state index contributed by atoms with van der Waals surface area (Å²) in [5, 5.41) is 15.2. The fourth-order valence-electron chi connectivity index (χ4n) is 2.83. The van der Waals surface area contributed by atoms with Gasteiger partial charge >= 0.3 is 6.18 Å². The number of anilines is 3. The summed E-state index contributed by atoms with van der Waals surface area (Å²) in [7, 11) is 0. The van der Waals surface area contributed by atoms with E-state index in [1.54, 1.807) is 24.4 Å². The molecular formula is C21H21ClF3N5O. The van der Waals surface area contributed by atoms with E-state index in [4.69, 9.17) is 11.6 Å². The van der Waals surface area contributed by atoms with Gasteiger partial charge in [-0.15, -0.1) is 0 Å². The maximum atomic E-state index is 13.5. The van der Waals surface area contributed by atoms with Crippen LogP contribution in [0.25, 0.3) is 11.4 Å². The number of pyridine rings is 1. The average molecular weight is 452 g/mol. The van der Waals surface area contributed by atoms with E-state index in [0.29, 0.717) is 11.4 Å². The van der Waals surface area contributed by atoms with Crippen molar-refractivity contribution in [3.05, 3.63) is 59.2 Å². The Morgan fingerprint density at radius 1 is 1.06 bits per heavy atom. The zero-order valence-electron chi connectivity index (χ0n) is 16.8. The molecule has 0 aliphatic rings. The van der Waals surface area contributed by atoms with Crippen LogP contribution in [0.3, 0.4) is 0 Å². The van der Waals surface area contributed by atoms with E-state index in [9.17, 15) is 18.3 Å². The number of aliphatic hydroxyl groups excluding tert-OH is 1. The van der Waals surface area contributed by atoms with E-state index in [2.05, 4.69) is 25.6 Å². The lowest BCUT2D eigenvalue weighted by atomic mass is 10.1. The Kier molecular flexibility index (Phi) is 6.97. The Morgan fingerprint density at radius 3 is 2.45 bits per heavy atom. The van der Waals surface area contributed by atoms with Gasteiger partial charge in [-0.1, -0.05) is 37.6 Å². The molecule has 0 unspecified atom stereocenters. The number of para-hydroxylation sites is 1. The SMILES string of the molecule is CC(C)[C@@H](CO)Nc1nc(Nc2c(Cl)cccc2C(F)(F)F)cc(-c2ccccn2)n1. The van der Waals surface area contributed by atoms with Crippen molar-refractivity contribution in [2.45, 2.75) is 26.1 Å². The molecule has 3 N–H and O–H groups in total. The standard InChI is InChI=1S/C21H21ClF3N5O/c1-12(2)17(11-31)28-20-27-16(15-8-3-4-9-26-15)10-18(30-20)29-19-13(21(23,24)25)6-5-7-14(19)22/h3-10,12,17,31H,11H2,1-2H3,(H2,27,28,29,30)/t17-/m1/s1. The van der Waals surface area contributed by atoms with Crippen molar-refractivity contribution in [1.82, 2.24) is 15.0 Å². The van der Waals surface area contributed by atoms with Gasteiger partial charge < -0.3 is 15.7 Å². The van der Waals surface area contributed by atoms with Gasteiger partial charge in [0.15, 0.2) is 0 Å². The molecule has 0 aliphatic heterocycles. The second-order valence-corrected chi connectivity index (χ2v) is 7.55. The Balaban J connectivity index is 2.07. The van der Waals surface area contributed by atoms with Gasteiger partial charge in [0.05, 0.1) is 40.3 Å². The third kappa shape index (κ3) is 5.62. The van der Waals surface area contributed by atoms with E-state index in [-0.39, 0.29) is 41.0 Å². The molecule has 31 heavy (non-hydrogen) atoms. The van der Waals surface area contributed by atoms with Gasteiger partial charge in [0.25, 0.3) is 0 Å². The first-order valence-corrected chi connectivity index (χ1v) is 9.87. The number of benzene rings is 1. The molecule has 3 rings (SSSR count). The first-order chi connectivity index (χ1) is 14.7. The minimum absolute atomic E-state index is 0.0592. The molecule has 10 heteroatoms. The molecule has 0 saturated heterocycles. The van der Waals surface area contributed by atoms with Gasteiger partial charge in [0, 0.05) is 12.3 Å². The highest BCUT2D eigenvalue weighted by Gasteiger charge is 2.34. The first kappa shape index (κ1) is 22.8. The lowest BCUT2D eigenvalue weighted by Crippen LogP contribution is -2.30. The molecule has 0 aliphatic carbocycles. The molecule has 1 aromatic carbocycles. The number of hydrogen-bond donors (Lipinski definition) is 3. The van der Waals surface area contributed by atoms with Gasteiger partial charge in [-0.3, -0.25) is 4.98 Å². The number of nitrogens with zero attached hydrogens (tertiary/aromatic N) is 3. The van der Waals surface area contributed by atoms with E-state index in [1.807, 2.05) is 13.8 Å². The monoisotopic (exact) mass is 451 g/mol. The predicted molar refractivity (Wildman–Crippen MR) is 114 cm³/mol. The van der Waals surface area contributed by atoms with Gasteiger partial charge in [0.2, 0.25) is 5.95 Å². The summed E-state index contributed by atoms with van der Waals surface area (Å²) >= 11 is 6.06. The van der Waals surface area contributed by atoms with Crippen LogP contribution in [0.5, 0.6) is 0 Å². The lowest BCUT2D eigenvalue weighted by Gasteiger charge is -2.21. The Labute approximate surface area is 182 Å². The quantitative estimate of drug-likeness (QED) is 0.447. The summed E-state index contributed by atoms with van der Waals surface area (Å²) in [4.78, 5) is 13.0. The number of hydrogen-bond acceptors (Lipinski definition) is 6. The van der Waals surface area contributed by atoms with Crippen LogP contribution < -0.4 is 10.6 Å². The number of rotatable bonds is 7. The molecule has 0 fully saturated rings. The van der Waals surface area contributed by atoms with Crippen LogP contribution in [0.4, 0.5) is 30.6 Å². The minimum atomic E-state index is -4.61. The van der Waals surface area contributed by atoms with Crippen LogP contribution in [0.1, 0.15) is 19.4 Å². The van der Waals surface area contributed by atoms with Crippen LogP contribution in [-0.2, 0) is 6.18 Å². The molecule has 0 saturated carbocycles. The summed E-state index contributed by atoms with van der Waals surface area (Å²) in [6.07, 6.45) is -3.02. The van der Waals surface area contributed by atoms with E-state index in [0.717, 1.165) is 6.07 Å².